The van der Waals surface area contributed by atoms with E-state index >= 15 is 0 Å². The summed E-state index contributed by atoms with van der Waals surface area (Å²) in [6, 6.07) is 0. The molecule has 0 rings (SSSR count). The van der Waals surface area contributed by atoms with Crippen LogP contribution in [0.25, 0.3) is 0 Å². The Balaban J connectivity index is -0.0000000186. The summed E-state index contributed by atoms with van der Waals surface area (Å²) in [5, 5.41) is 28.8. The van der Waals surface area contributed by atoms with Gasteiger partial charge < -0.3 is 29.8 Å². The molecule has 11 heteroatoms. The second kappa shape index (κ2) is 70.5. The maximum absolute atomic E-state index is 9.82. The molecule has 0 fully saturated rings. The van der Waals surface area contributed by atoms with Crippen molar-refractivity contribution in [2.24, 2.45) is 0 Å². The Kier molecular flexibility index (Phi) is 159. The zero-order valence-corrected chi connectivity index (χ0v) is 16.2. The van der Waals surface area contributed by atoms with Gasteiger partial charge in [0.2, 0.25) is 0 Å². The van der Waals surface area contributed by atoms with Crippen LogP contribution in [-0.4, -0.2) is 59.2 Å². The molecule has 0 bridgehead atoms. The van der Waals surface area contributed by atoms with Crippen LogP contribution >= 0.6 is 11.9 Å². The Hall–Kier alpha value is -0.420. The van der Waals surface area contributed by atoms with Gasteiger partial charge in [0, 0.05) is 35.0 Å². The molecule has 0 aliphatic carbocycles. The number of hydrogen-bond donors (Lipinski definition) is 4. The first-order valence-electron chi connectivity index (χ1n) is 4.81. The Morgan fingerprint density at radius 2 is 1.05 bits per heavy atom. The number of aliphatic carboxylic acids is 2. The van der Waals surface area contributed by atoms with Gasteiger partial charge in [-0.05, 0) is 6.92 Å². The Morgan fingerprint density at radius 3 is 1.05 bits per heavy atom. The van der Waals surface area contributed by atoms with E-state index in [4.69, 9.17) is 34.7 Å². The number of aliphatic hydroxyl groups is 2. The Morgan fingerprint density at radius 1 is 0.909 bits per heavy atom. The quantitative estimate of drug-likeness (QED) is 0.283. The predicted octanol–water partition coefficient (Wildman–Crippen LogP) is -2.89. The van der Waals surface area contributed by atoms with Crippen LogP contribution in [0.2, 0.25) is 0 Å². The molecule has 0 amide bonds. The number of halogens is 1. The van der Waals surface area contributed by atoms with Gasteiger partial charge in [-0.25, -0.2) is 11.9 Å². The van der Waals surface area contributed by atoms with E-state index in [0.29, 0.717) is 6.61 Å². The summed E-state index contributed by atoms with van der Waals surface area (Å²) in [4.78, 5) is 27.8. The van der Waals surface area contributed by atoms with Crippen molar-refractivity contribution in [3.05, 3.63) is 0 Å². The van der Waals surface area contributed by atoms with Crippen molar-refractivity contribution >= 4 is 29.8 Å². The van der Waals surface area contributed by atoms with E-state index in [2.05, 4.69) is 16.6 Å². The third-order valence-electron chi connectivity index (χ3n) is 0.348. The number of carboxylic acids is 2. The number of carbonyl (C=O) groups is 3. The molecule has 0 radical (unpaired) electrons. The summed E-state index contributed by atoms with van der Waals surface area (Å²) in [7, 11) is 2.00. The van der Waals surface area contributed by atoms with Gasteiger partial charge in [-0.15, -0.1) is 0 Å². The van der Waals surface area contributed by atoms with Crippen molar-refractivity contribution in [2.45, 2.75) is 35.1 Å². The second-order valence-corrected chi connectivity index (χ2v) is 1.96. The number of carboxylic acid groups (broad SMARTS) is 2. The number of hydrogen-bond acceptors (Lipinski definition) is 7. The summed E-state index contributed by atoms with van der Waals surface area (Å²) in [6.07, 6.45) is 0. The van der Waals surface area contributed by atoms with Crippen LogP contribution in [0, 0.1) is 0 Å². The second-order valence-electron chi connectivity index (χ2n) is 1.96. The fourth-order valence-corrected chi connectivity index (χ4v) is 0.203. The molecule has 0 aliphatic rings. The molecule has 0 aromatic carbocycles. The monoisotopic (exact) mass is 362 g/mol. The van der Waals surface area contributed by atoms with Crippen LogP contribution in [0.1, 0.15) is 35.1 Å². The zero-order chi connectivity index (χ0) is 18.1. The van der Waals surface area contributed by atoms with Crippen molar-refractivity contribution in [1.29, 1.82) is 0 Å². The van der Waals surface area contributed by atoms with Crippen molar-refractivity contribution in [2.75, 3.05) is 20.8 Å². The molecule has 0 saturated carbocycles. The number of carbonyl (C=O) groups excluding carboxylic acids is 1. The Bertz CT molecular complexity index is 172. The fraction of sp³-hybridized carbons (Fsp3) is 0.727. The molecule has 0 heterocycles. The summed E-state index contributed by atoms with van der Waals surface area (Å²) < 4.78 is 12.1. The number of aliphatic hydroxyl groups excluding tert-OH is 2. The molecule has 0 unspecified atom stereocenters. The molecule has 9 nitrogen and oxygen atoms in total. The number of rotatable bonds is 1. The summed E-state index contributed by atoms with van der Waals surface area (Å²) in [5.74, 6) is -1.88. The van der Waals surface area contributed by atoms with Crippen LogP contribution < -0.4 is 34.2 Å². The minimum Gasteiger partial charge on any atom is -0.769 e. The first-order chi connectivity index (χ1) is 9.23. The maximum atomic E-state index is 9.82. The normalized spacial score (nSPS) is 5.18. The van der Waals surface area contributed by atoms with Gasteiger partial charge in [-0.1, -0.05) is 7.43 Å². The van der Waals surface area contributed by atoms with Gasteiger partial charge in [-0.2, -0.15) is 0 Å². The van der Waals surface area contributed by atoms with Gasteiger partial charge in [0.1, 0.15) is 0 Å². The van der Waals surface area contributed by atoms with E-state index in [9.17, 15) is 4.79 Å². The standard InChI is InChI=1S/C4H8O2.2C2H4O2.2CH4O.CH4.ClO.Na/c1-3-6-4(2)5;2*1-2(3)4;2*1-2;;1-2;/h3H2,1-2H3;2*1H3,(H,3,4);2*2H,1H3;1H4;;/q;;;;;;-1;+1. The van der Waals surface area contributed by atoms with Gasteiger partial charge >= 0.3 is 35.5 Å². The van der Waals surface area contributed by atoms with E-state index in [1.807, 2.05) is 0 Å². The maximum Gasteiger partial charge on any atom is 1.00 e. The molecular weight excluding hydrogens is 335 g/mol. The molecule has 0 aromatic heterocycles. The number of ether oxygens (including phenoxy) is 1. The van der Waals surface area contributed by atoms with Crippen molar-refractivity contribution in [3.63, 3.8) is 0 Å². The third-order valence-corrected chi connectivity index (χ3v) is 0.348. The Labute approximate surface area is 159 Å². The molecule has 0 aromatic rings. The fourth-order valence-electron chi connectivity index (χ4n) is 0.203. The molecule has 0 spiro atoms. The van der Waals surface area contributed by atoms with E-state index in [0.717, 1.165) is 28.1 Å². The minimum atomic E-state index is -0.833. The summed E-state index contributed by atoms with van der Waals surface area (Å²) in [5.41, 5.74) is 0. The average Bonchev–Trinajstić information content (AvgIpc) is 2.35. The SMILES string of the molecule is C.CC(=O)O.CC(=O)O.CCOC(C)=O.CO.CO.[Na+].[O-]Cl. The molecule has 22 heavy (non-hydrogen) atoms. The van der Waals surface area contributed by atoms with Gasteiger partial charge in [0.15, 0.2) is 0 Å². The van der Waals surface area contributed by atoms with E-state index < -0.39 is 11.9 Å². The molecule has 0 saturated heterocycles. The first-order valence-corrected chi connectivity index (χ1v) is 5.12. The van der Waals surface area contributed by atoms with E-state index in [1.54, 1.807) is 6.92 Å². The summed E-state index contributed by atoms with van der Waals surface area (Å²) >= 11 is 3.39. The minimum absolute atomic E-state index is 0. The molecule has 4 N–H and O–H groups in total. The van der Waals surface area contributed by atoms with Crippen molar-refractivity contribution in [3.8, 4) is 0 Å². The van der Waals surface area contributed by atoms with Gasteiger partial charge in [0.25, 0.3) is 11.9 Å². The van der Waals surface area contributed by atoms with Crippen LogP contribution in [0.3, 0.4) is 0 Å². The molecular formula is C11H28ClNaO9. The van der Waals surface area contributed by atoms with E-state index in [-0.39, 0.29) is 43.0 Å². The smallest absolute Gasteiger partial charge is 0.769 e. The van der Waals surface area contributed by atoms with Crippen molar-refractivity contribution in [1.82, 2.24) is 0 Å². The third kappa shape index (κ3) is 1020. The van der Waals surface area contributed by atoms with Crippen LogP contribution in [0.5, 0.6) is 0 Å². The van der Waals surface area contributed by atoms with Gasteiger partial charge in [-0.3, -0.25) is 14.4 Å². The summed E-state index contributed by atoms with van der Waals surface area (Å²) in [6.45, 7) is 5.82. The predicted molar refractivity (Wildman–Crippen MR) is 77.8 cm³/mol. The molecule has 134 valence electrons. The largest absolute Gasteiger partial charge is 1.00 e. The number of esters is 1. The van der Waals surface area contributed by atoms with Crippen LogP contribution in [0.15, 0.2) is 0 Å². The molecule has 0 aliphatic heterocycles. The first kappa shape index (κ1) is 49.6. The average molecular weight is 363 g/mol. The van der Waals surface area contributed by atoms with E-state index in [1.165, 1.54) is 6.92 Å². The zero-order valence-electron chi connectivity index (χ0n) is 13.4. The van der Waals surface area contributed by atoms with Crippen LogP contribution in [0.4, 0.5) is 0 Å². The topological polar surface area (TPSA) is 164 Å². The molecule has 0 atom stereocenters. The van der Waals surface area contributed by atoms with Crippen LogP contribution in [-0.2, 0) is 19.1 Å². The van der Waals surface area contributed by atoms with Crippen molar-refractivity contribution < 1.29 is 73.8 Å². The van der Waals surface area contributed by atoms with Gasteiger partial charge in [0.05, 0.1) is 6.61 Å².